The van der Waals surface area contributed by atoms with E-state index in [0.29, 0.717) is 29.4 Å². The second-order valence-corrected chi connectivity index (χ2v) is 4.11. The molecular formula is C15H20O6. The van der Waals surface area contributed by atoms with Gasteiger partial charge in [0.05, 0.1) is 39.9 Å². The van der Waals surface area contributed by atoms with Crippen LogP contribution in [0.1, 0.15) is 30.1 Å². The van der Waals surface area contributed by atoms with Gasteiger partial charge in [-0.15, -0.1) is 0 Å². The maximum absolute atomic E-state index is 12.2. The fourth-order valence-corrected chi connectivity index (χ4v) is 1.90. The van der Waals surface area contributed by atoms with Gasteiger partial charge in [-0.2, -0.15) is 0 Å². The van der Waals surface area contributed by atoms with E-state index in [4.69, 9.17) is 18.9 Å². The van der Waals surface area contributed by atoms with Crippen LogP contribution >= 0.6 is 0 Å². The van der Waals surface area contributed by atoms with Gasteiger partial charge in [-0.25, -0.2) is 0 Å². The first-order valence-electron chi connectivity index (χ1n) is 6.56. The number of Topliss-reactive ketones (excluding diaryl/α,β-unsaturated/α-hetero) is 1. The largest absolute Gasteiger partial charge is 0.493 e. The van der Waals surface area contributed by atoms with E-state index >= 15 is 0 Å². The second kappa shape index (κ2) is 8.14. The van der Waals surface area contributed by atoms with Gasteiger partial charge in [-0.1, -0.05) is 0 Å². The molecule has 0 radical (unpaired) electrons. The summed E-state index contributed by atoms with van der Waals surface area (Å²) in [5, 5.41) is 0. The number of ether oxygens (including phenoxy) is 4. The smallest absolute Gasteiger partial charge is 0.306 e. The van der Waals surface area contributed by atoms with E-state index in [1.165, 1.54) is 21.3 Å². The highest BCUT2D eigenvalue weighted by atomic mass is 16.5. The monoisotopic (exact) mass is 296 g/mol. The summed E-state index contributed by atoms with van der Waals surface area (Å²) >= 11 is 0. The minimum absolute atomic E-state index is 0.0319. The highest BCUT2D eigenvalue weighted by Crippen LogP contribution is 2.40. The van der Waals surface area contributed by atoms with Gasteiger partial charge >= 0.3 is 5.97 Å². The molecule has 0 amide bonds. The molecule has 0 saturated carbocycles. The number of carbonyl (C=O) groups excluding carboxylic acids is 2. The number of ketones is 1. The van der Waals surface area contributed by atoms with Crippen LogP contribution in [0.15, 0.2) is 12.1 Å². The van der Waals surface area contributed by atoms with Crippen LogP contribution in [-0.2, 0) is 9.53 Å². The Balaban J connectivity index is 2.96. The first-order chi connectivity index (χ1) is 10.1. The van der Waals surface area contributed by atoms with Crippen molar-refractivity contribution in [3.63, 3.8) is 0 Å². The van der Waals surface area contributed by atoms with Gasteiger partial charge < -0.3 is 18.9 Å². The molecule has 1 aromatic carbocycles. The molecule has 6 nitrogen and oxygen atoms in total. The van der Waals surface area contributed by atoms with Gasteiger partial charge in [-0.05, 0) is 19.1 Å². The van der Waals surface area contributed by atoms with Crippen LogP contribution in [0.2, 0.25) is 0 Å². The molecule has 0 atom stereocenters. The Labute approximate surface area is 123 Å². The lowest BCUT2D eigenvalue weighted by atomic mass is 10.0. The number of methoxy groups -OCH3 is 3. The molecule has 0 spiro atoms. The lowest BCUT2D eigenvalue weighted by Gasteiger charge is -2.15. The Morgan fingerprint density at radius 2 is 1.62 bits per heavy atom. The van der Waals surface area contributed by atoms with Crippen molar-refractivity contribution in [1.82, 2.24) is 0 Å². The Bertz CT molecular complexity index is 509. The summed E-state index contributed by atoms with van der Waals surface area (Å²) in [5.74, 6) is 0.495. The third-order valence-corrected chi connectivity index (χ3v) is 2.87. The van der Waals surface area contributed by atoms with Gasteiger partial charge in [-0.3, -0.25) is 9.59 Å². The van der Waals surface area contributed by atoms with Gasteiger partial charge in [0.2, 0.25) is 5.75 Å². The summed E-state index contributed by atoms with van der Waals surface area (Å²) in [7, 11) is 4.41. The zero-order valence-corrected chi connectivity index (χ0v) is 12.7. The SMILES string of the molecule is CCOC(=O)CCC(=O)c1ccc(OC)c(OC)c1OC. The fourth-order valence-electron chi connectivity index (χ4n) is 1.90. The molecule has 0 heterocycles. The molecule has 0 aliphatic carbocycles. The molecule has 21 heavy (non-hydrogen) atoms. The molecule has 0 N–H and O–H groups in total. The number of esters is 1. The lowest BCUT2D eigenvalue weighted by molar-refractivity contribution is -0.143. The van der Waals surface area contributed by atoms with Crippen LogP contribution < -0.4 is 14.2 Å². The van der Waals surface area contributed by atoms with Crippen molar-refractivity contribution in [2.75, 3.05) is 27.9 Å². The van der Waals surface area contributed by atoms with E-state index < -0.39 is 5.97 Å². The summed E-state index contributed by atoms with van der Waals surface area (Å²) in [5.41, 5.74) is 0.347. The van der Waals surface area contributed by atoms with Crippen molar-refractivity contribution in [3.05, 3.63) is 17.7 Å². The molecule has 6 heteroatoms. The standard InChI is InChI=1S/C15H20O6/c1-5-21-13(17)9-7-11(16)10-6-8-12(18-2)15(20-4)14(10)19-3/h6,8H,5,7,9H2,1-4H3. The molecule has 0 bridgehead atoms. The van der Waals surface area contributed by atoms with E-state index in [0.717, 1.165) is 0 Å². The molecule has 1 aromatic rings. The predicted molar refractivity (Wildman–Crippen MR) is 76.3 cm³/mol. The summed E-state index contributed by atoms with van der Waals surface area (Å²) < 4.78 is 20.4. The van der Waals surface area contributed by atoms with Crippen LogP contribution in [0, 0.1) is 0 Å². The zero-order chi connectivity index (χ0) is 15.8. The minimum Gasteiger partial charge on any atom is -0.493 e. The third-order valence-electron chi connectivity index (χ3n) is 2.87. The van der Waals surface area contributed by atoms with E-state index in [1.54, 1.807) is 19.1 Å². The summed E-state index contributed by atoms with van der Waals surface area (Å²) in [6, 6.07) is 3.21. The highest BCUT2D eigenvalue weighted by molar-refractivity contribution is 6.01. The Kier molecular flexibility index (Phi) is 6.52. The quantitative estimate of drug-likeness (QED) is 0.541. The first kappa shape index (κ1) is 16.8. The Morgan fingerprint density at radius 3 is 2.14 bits per heavy atom. The average Bonchev–Trinajstić information content (AvgIpc) is 2.51. The number of rotatable bonds is 8. The Hall–Kier alpha value is -2.24. The van der Waals surface area contributed by atoms with Gasteiger partial charge in [0.25, 0.3) is 0 Å². The average molecular weight is 296 g/mol. The molecule has 0 aliphatic heterocycles. The van der Waals surface area contributed by atoms with Crippen molar-refractivity contribution >= 4 is 11.8 Å². The number of carbonyl (C=O) groups is 2. The van der Waals surface area contributed by atoms with Crippen LogP contribution in [0.4, 0.5) is 0 Å². The number of hydrogen-bond acceptors (Lipinski definition) is 6. The predicted octanol–water partition coefficient (Wildman–Crippen LogP) is 2.24. The zero-order valence-electron chi connectivity index (χ0n) is 12.7. The topological polar surface area (TPSA) is 71.1 Å². The van der Waals surface area contributed by atoms with Crippen molar-refractivity contribution in [2.45, 2.75) is 19.8 Å². The van der Waals surface area contributed by atoms with Crippen LogP contribution in [0.3, 0.4) is 0 Å². The van der Waals surface area contributed by atoms with Gasteiger partial charge in [0.1, 0.15) is 0 Å². The minimum atomic E-state index is -0.398. The molecule has 0 saturated heterocycles. The normalized spacial score (nSPS) is 9.90. The molecule has 116 valence electrons. The van der Waals surface area contributed by atoms with Crippen molar-refractivity contribution in [1.29, 1.82) is 0 Å². The highest BCUT2D eigenvalue weighted by Gasteiger charge is 2.21. The van der Waals surface area contributed by atoms with Gasteiger partial charge in [0.15, 0.2) is 17.3 Å². The maximum Gasteiger partial charge on any atom is 0.306 e. The lowest BCUT2D eigenvalue weighted by Crippen LogP contribution is -2.09. The fraction of sp³-hybridized carbons (Fsp3) is 0.467. The van der Waals surface area contributed by atoms with Crippen molar-refractivity contribution < 1.29 is 28.5 Å². The second-order valence-electron chi connectivity index (χ2n) is 4.11. The van der Waals surface area contributed by atoms with Crippen molar-refractivity contribution in [3.8, 4) is 17.2 Å². The number of benzene rings is 1. The van der Waals surface area contributed by atoms with E-state index in [-0.39, 0.29) is 18.6 Å². The summed E-state index contributed by atoms with van der Waals surface area (Å²) in [4.78, 5) is 23.5. The molecular weight excluding hydrogens is 276 g/mol. The third kappa shape index (κ3) is 4.11. The molecule has 0 fully saturated rings. The van der Waals surface area contributed by atoms with Crippen molar-refractivity contribution in [2.24, 2.45) is 0 Å². The van der Waals surface area contributed by atoms with Gasteiger partial charge in [0, 0.05) is 6.42 Å². The van der Waals surface area contributed by atoms with E-state index in [2.05, 4.69) is 0 Å². The molecule has 0 aliphatic rings. The number of hydrogen-bond donors (Lipinski definition) is 0. The van der Waals surface area contributed by atoms with E-state index in [1.807, 2.05) is 0 Å². The molecule has 0 unspecified atom stereocenters. The molecule has 0 aromatic heterocycles. The Morgan fingerprint density at radius 1 is 0.952 bits per heavy atom. The van der Waals surface area contributed by atoms with Crippen LogP contribution in [-0.4, -0.2) is 39.7 Å². The van der Waals surface area contributed by atoms with Crippen LogP contribution in [0.5, 0.6) is 17.2 Å². The van der Waals surface area contributed by atoms with E-state index in [9.17, 15) is 9.59 Å². The summed E-state index contributed by atoms with van der Waals surface area (Å²) in [6.45, 7) is 2.02. The van der Waals surface area contributed by atoms with Crippen LogP contribution in [0.25, 0.3) is 0 Å². The molecule has 1 rings (SSSR count). The first-order valence-corrected chi connectivity index (χ1v) is 6.56. The maximum atomic E-state index is 12.2. The summed E-state index contributed by atoms with van der Waals surface area (Å²) in [6.07, 6.45) is 0.0782.